The number of carboxylic acids is 1. The number of esters is 1. The van der Waals surface area contributed by atoms with Crippen molar-refractivity contribution < 1.29 is 29.3 Å². The molecular weight excluding hydrogens is 444 g/mol. The summed E-state index contributed by atoms with van der Waals surface area (Å²) in [7, 11) is 0. The first-order chi connectivity index (χ1) is 16.9. The zero-order valence-corrected chi connectivity index (χ0v) is 21.5. The summed E-state index contributed by atoms with van der Waals surface area (Å²) in [4.78, 5) is 23.4. The number of hydrogen-bond acceptors (Lipinski definition) is 5. The minimum absolute atomic E-state index is 0.0613. The third-order valence-corrected chi connectivity index (χ3v) is 7.93. The van der Waals surface area contributed by atoms with E-state index < -0.39 is 5.97 Å². The number of unbranched alkanes of at least 4 members (excludes halogenated alkanes) is 4. The largest absolute Gasteiger partial charge is 0.482 e. The molecule has 0 heterocycles. The fourth-order valence-corrected chi connectivity index (χ4v) is 6.11. The fraction of sp³-hybridized carbons (Fsp3) is 0.724. The molecule has 0 bridgehead atoms. The van der Waals surface area contributed by atoms with Crippen molar-refractivity contribution in [2.24, 2.45) is 17.8 Å². The van der Waals surface area contributed by atoms with Gasteiger partial charge in [-0.2, -0.15) is 0 Å². The van der Waals surface area contributed by atoms with Crippen LogP contribution in [0, 0.1) is 17.8 Å². The smallest absolute Gasteiger partial charge is 0.341 e. The van der Waals surface area contributed by atoms with E-state index in [0.29, 0.717) is 24.0 Å². The number of aliphatic carboxylic acids is 1. The van der Waals surface area contributed by atoms with Crippen molar-refractivity contribution in [1.82, 2.24) is 0 Å². The predicted octanol–water partition coefficient (Wildman–Crippen LogP) is 5.71. The van der Waals surface area contributed by atoms with Crippen molar-refractivity contribution in [2.45, 2.75) is 110 Å². The maximum absolute atomic E-state index is 12.4. The molecule has 6 nitrogen and oxygen atoms in total. The molecule has 35 heavy (non-hydrogen) atoms. The maximum Gasteiger partial charge on any atom is 0.341 e. The first kappa shape index (κ1) is 27.5. The van der Waals surface area contributed by atoms with Crippen LogP contribution in [0.5, 0.6) is 5.75 Å². The van der Waals surface area contributed by atoms with Crippen LogP contribution in [0.4, 0.5) is 0 Å². The Labute approximate surface area is 210 Å². The Bertz CT molecular complexity index is 821. The van der Waals surface area contributed by atoms with Gasteiger partial charge < -0.3 is 19.7 Å². The second kappa shape index (κ2) is 13.9. The Kier molecular flexibility index (Phi) is 10.9. The fourth-order valence-electron chi connectivity index (χ4n) is 6.11. The highest BCUT2D eigenvalue weighted by Gasteiger charge is 2.45. The molecule has 3 rings (SSSR count). The van der Waals surface area contributed by atoms with Crippen LogP contribution in [0.2, 0.25) is 0 Å². The van der Waals surface area contributed by atoms with Crippen molar-refractivity contribution in [2.75, 3.05) is 6.61 Å². The molecular formula is C29H44O6. The highest BCUT2D eigenvalue weighted by Crippen LogP contribution is 2.48. The van der Waals surface area contributed by atoms with Gasteiger partial charge in [-0.05, 0) is 86.3 Å². The summed E-state index contributed by atoms with van der Waals surface area (Å²) in [6.07, 6.45) is 11.5. The van der Waals surface area contributed by atoms with E-state index in [9.17, 15) is 14.7 Å². The summed E-state index contributed by atoms with van der Waals surface area (Å²) >= 11 is 0. The van der Waals surface area contributed by atoms with E-state index in [2.05, 4.69) is 19.9 Å². The summed E-state index contributed by atoms with van der Waals surface area (Å²) in [5.74, 6) is 0.560. The average molecular weight is 489 g/mol. The average Bonchev–Trinajstić information content (AvgIpc) is 3.13. The van der Waals surface area contributed by atoms with Gasteiger partial charge in [0, 0.05) is 6.42 Å². The minimum atomic E-state index is -0.979. The lowest BCUT2D eigenvalue weighted by atomic mass is 9.73. The standard InChI is InChI=1S/C29H44O6/c1-3-5-7-11-22(35-29(33)13-8-6-4-2)14-15-23-24-16-20-10-9-12-27(34-19-28(31)32)25(20)17-21(24)18-26(23)30/h9-10,12,21-24,26,30H,3-8,11,13-19H2,1-2H3,(H,31,32)/t21-,22-,23+,24-,26+/m0/s1. The number of hydrogen-bond donors (Lipinski definition) is 2. The molecule has 1 fully saturated rings. The molecule has 196 valence electrons. The van der Waals surface area contributed by atoms with Crippen molar-refractivity contribution in [3.63, 3.8) is 0 Å². The summed E-state index contributed by atoms with van der Waals surface area (Å²) in [6.45, 7) is 3.97. The van der Waals surface area contributed by atoms with Gasteiger partial charge in [-0.15, -0.1) is 0 Å². The molecule has 0 spiro atoms. The van der Waals surface area contributed by atoms with Crippen LogP contribution in [0.1, 0.15) is 95.6 Å². The molecule has 2 N–H and O–H groups in total. The molecule has 1 aromatic carbocycles. The van der Waals surface area contributed by atoms with Gasteiger partial charge in [0.2, 0.25) is 0 Å². The Morgan fingerprint density at radius 2 is 1.83 bits per heavy atom. The monoisotopic (exact) mass is 488 g/mol. The Morgan fingerprint density at radius 3 is 2.57 bits per heavy atom. The predicted molar refractivity (Wildman–Crippen MR) is 135 cm³/mol. The van der Waals surface area contributed by atoms with Gasteiger partial charge in [-0.1, -0.05) is 51.7 Å². The molecule has 1 saturated carbocycles. The van der Waals surface area contributed by atoms with E-state index in [0.717, 1.165) is 82.6 Å². The number of aliphatic hydroxyl groups is 1. The number of rotatable bonds is 15. The van der Waals surface area contributed by atoms with Crippen LogP contribution in [-0.4, -0.2) is 41.0 Å². The Balaban J connectivity index is 1.61. The summed E-state index contributed by atoms with van der Waals surface area (Å²) < 4.78 is 11.5. The molecule has 0 radical (unpaired) electrons. The first-order valence-corrected chi connectivity index (χ1v) is 13.8. The number of aliphatic hydroxyl groups excluding tert-OH is 1. The van der Waals surface area contributed by atoms with Crippen molar-refractivity contribution in [3.05, 3.63) is 29.3 Å². The van der Waals surface area contributed by atoms with Gasteiger partial charge in [-0.25, -0.2) is 4.79 Å². The summed E-state index contributed by atoms with van der Waals surface area (Å²) in [5.41, 5.74) is 2.30. The topological polar surface area (TPSA) is 93.1 Å². The van der Waals surface area contributed by atoms with Gasteiger partial charge in [0.1, 0.15) is 11.9 Å². The van der Waals surface area contributed by atoms with Crippen LogP contribution < -0.4 is 4.74 Å². The quantitative estimate of drug-likeness (QED) is 0.242. The third-order valence-electron chi connectivity index (χ3n) is 7.93. The van der Waals surface area contributed by atoms with Crippen LogP contribution >= 0.6 is 0 Å². The summed E-state index contributed by atoms with van der Waals surface area (Å²) in [5, 5.41) is 20.0. The third kappa shape index (κ3) is 7.96. The van der Waals surface area contributed by atoms with Crippen molar-refractivity contribution in [3.8, 4) is 5.75 Å². The molecule has 0 unspecified atom stereocenters. The maximum atomic E-state index is 12.4. The van der Waals surface area contributed by atoms with Crippen LogP contribution in [0.3, 0.4) is 0 Å². The second-order valence-corrected chi connectivity index (χ2v) is 10.5. The molecule has 2 aliphatic carbocycles. The lowest BCUT2D eigenvalue weighted by Gasteiger charge is -2.32. The van der Waals surface area contributed by atoms with Crippen molar-refractivity contribution in [1.29, 1.82) is 0 Å². The number of carbonyl (C=O) groups is 2. The Morgan fingerprint density at radius 1 is 1.06 bits per heavy atom. The van der Waals surface area contributed by atoms with Gasteiger partial charge in [0.05, 0.1) is 6.10 Å². The molecule has 1 aromatic rings. The number of benzene rings is 1. The van der Waals surface area contributed by atoms with E-state index in [1.54, 1.807) is 0 Å². The lowest BCUT2D eigenvalue weighted by Crippen LogP contribution is -2.29. The number of carbonyl (C=O) groups excluding carboxylic acids is 1. The normalized spacial score (nSPS) is 23.9. The SMILES string of the molecule is CCCCCC(=O)O[C@@H](CCCCC)CC[C@@H]1[C@H]2Cc3cccc(OCC(=O)O)c3C[C@H]2C[C@H]1O. The molecule has 5 atom stereocenters. The first-order valence-electron chi connectivity index (χ1n) is 13.8. The van der Waals surface area contributed by atoms with Gasteiger partial charge in [0.25, 0.3) is 0 Å². The van der Waals surface area contributed by atoms with Crippen LogP contribution in [0.25, 0.3) is 0 Å². The van der Waals surface area contributed by atoms with Crippen LogP contribution in [0.15, 0.2) is 18.2 Å². The second-order valence-electron chi connectivity index (χ2n) is 10.5. The number of ether oxygens (including phenoxy) is 2. The van der Waals surface area contributed by atoms with Gasteiger partial charge >= 0.3 is 11.9 Å². The number of fused-ring (bicyclic) bond motifs is 2. The molecule has 0 amide bonds. The molecule has 0 aliphatic heterocycles. The molecule has 0 saturated heterocycles. The van der Waals surface area contributed by atoms with E-state index in [1.807, 2.05) is 12.1 Å². The number of carboxylic acid groups (broad SMARTS) is 1. The molecule has 0 aromatic heterocycles. The van der Waals surface area contributed by atoms with E-state index in [-0.39, 0.29) is 30.7 Å². The summed E-state index contributed by atoms with van der Waals surface area (Å²) in [6, 6.07) is 5.88. The van der Waals surface area contributed by atoms with Crippen LogP contribution in [-0.2, 0) is 27.2 Å². The minimum Gasteiger partial charge on any atom is -0.482 e. The van der Waals surface area contributed by atoms with Gasteiger partial charge in [-0.3, -0.25) is 4.79 Å². The van der Waals surface area contributed by atoms with Gasteiger partial charge in [0.15, 0.2) is 6.61 Å². The highest BCUT2D eigenvalue weighted by atomic mass is 16.5. The zero-order valence-electron chi connectivity index (χ0n) is 21.5. The molecule has 2 aliphatic rings. The zero-order chi connectivity index (χ0) is 25.2. The van der Waals surface area contributed by atoms with E-state index >= 15 is 0 Å². The molecule has 6 heteroatoms. The lowest BCUT2D eigenvalue weighted by molar-refractivity contribution is -0.150. The van der Waals surface area contributed by atoms with Crippen molar-refractivity contribution >= 4 is 11.9 Å². The van der Waals surface area contributed by atoms with E-state index in [1.165, 1.54) is 5.56 Å². The van der Waals surface area contributed by atoms with E-state index in [4.69, 9.17) is 14.6 Å². The highest BCUT2D eigenvalue weighted by molar-refractivity contribution is 5.69. The Hall–Kier alpha value is -2.08.